The first-order valence-electron chi connectivity index (χ1n) is 9.64. The van der Waals surface area contributed by atoms with Crippen molar-refractivity contribution in [1.82, 2.24) is 15.0 Å². The molecule has 0 saturated heterocycles. The monoisotopic (exact) mass is 364 g/mol. The fraction of sp³-hybridized carbons (Fsp3) is 0.364. The highest BCUT2D eigenvalue weighted by Gasteiger charge is 2.20. The van der Waals surface area contributed by atoms with E-state index in [2.05, 4.69) is 53.3 Å². The number of anilines is 1. The van der Waals surface area contributed by atoms with Gasteiger partial charge in [-0.05, 0) is 42.7 Å². The van der Waals surface area contributed by atoms with E-state index in [4.69, 9.17) is 4.74 Å². The maximum atomic E-state index is 5.37. The Balaban J connectivity index is 2.03. The van der Waals surface area contributed by atoms with Crippen LogP contribution in [0.3, 0.4) is 0 Å². The predicted octanol–water partition coefficient (Wildman–Crippen LogP) is 4.49. The van der Waals surface area contributed by atoms with Gasteiger partial charge in [-0.1, -0.05) is 49.4 Å². The normalized spacial score (nSPS) is 10.8. The van der Waals surface area contributed by atoms with Gasteiger partial charge in [-0.2, -0.15) is 4.68 Å². The molecule has 27 heavy (non-hydrogen) atoms. The molecule has 0 unspecified atom stereocenters. The number of nitrogens with zero attached hydrogens (tertiary/aromatic N) is 4. The Hall–Kier alpha value is -2.82. The first kappa shape index (κ1) is 19.0. The zero-order valence-corrected chi connectivity index (χ0v) is 16.4. The highest BCUT2D eigenvalue weighted by Crippen LogP contribution is 2.26. The fourth-order valence-electron chi connectivity index (χ4n) is 3.32. The number of aromatic nitrogens is 3. The van der Waals surface area contributed by atoms with Crippen LogP contribution < -0.4 is 9.64 Å². The van der Waals surface area contributed by atoms with Gasteiger partial charge in [-0.3, -0.25) is 0 Å². The van der Waals surface area contributed by atoms with Gasteiger partial charge in [-0.25, -0.2) is 0 Å². The molecule has 142 valence electrons. The molecule has 0 aliphatic carbocycles. The summed E-state index contributed by atoms with van der Waals surface area (Å²) >= 11 is 0. The van der Waals surface area contributed by atoms with Crippen molar-refractivity contribution in [3.63, 3.8) is 0 Å². The van der Waals surface area contributed by atoms with E-state index < -0.39 is 0 Å². The van der Waals surface area contributed by atoms with Crippen LogP contribution in [0.4, 0.5) is 5.82 Å². The molecule has 0 N–H and O–H groups in total. The molecule has 0 fully saturated rings. The quantitative estimate of drug-likeness (QED) is 0.561. The lowest BCUT2D eigenvalue weighted by Gasteiger charge is -2.25. The summed E-state index contributed by atoms with van der Waals surface area (Å²) in [5.74, 6) is 1.95. The van der Waals surface area contributed by atoms with E-state index >= 15 is 0 Å². The zero-order chi connectivity index (χ0) is 19.1. The SMILES string of the molecule is CCCN(CCC)c1c(Cc2cccc(OC)c2)nnn1-c1ccccc1. The van der Waals surface area contributed by atoms with Crippen LogP contribution in [0.1, 0.15) is 37.9 Å². The van der Waals surface area contributed by atoms with Crippen LogP contribution >= 0.6 is 0 Å². The summed E-state index contributed by atoms with van der Waals surface area (Å²) in [5, 5.41) is 9.06. The third-order valence-corrected chi connectivity index (χ3v) is 4.51. The molecule has 1 aromatic heterocycles. The van der Waals surface area contributed by atoms with E-state index in [1.807, 2.05) is 35.0 Å². The van der Waals surface area contributed by atoms with E-state index in [1.165, 1.54) is 5.56 Å². The number of hydrogen-bond acceptors (Lipinski definition) is 4. The minimum atomic E-state index is 0.725. The van der Waals surface area contributed by atoms with Gasteiger partial charge >= 0.3 is 0 Å². The van der Waals surface area contributed by atoms with Crippen LogP contribution in [0.2, 0.25) is 0 Å². The summed E-state index contributed by atoms with van der Waals surface area (Å²) in [5.41, 5.74) is 3.20. The van der Waals surface area contributed by atoms with Crippen LogP contribution in [-0.2, 0) is 6.42 Å². The molecule has 2 aromatic carbocycles. The number of methoxy groups -OCH3 is 1. The topological polar surface area (TPSA) is 43.2 Å². The van der Waals surface area contributed by atoms with Crippen molar-refractivity contribution in [2.75, 3.05) is 25.1 Å². The second-order valence-corrected chi connectivity index (χ2v) is 6.62. The van der Waals surface area contributed by atoms with Crippen molar-refractivity contribution in [2.45, 2.75) is 33.1 Å². The van der Waals surface area contributed by atoms with Crippen LogP contribution in [0.15, 0.2) is 54.6 Å². The number of benzene rings is 2. The third-order valence-electron chi connectivity index (χ3n) is 4.51. The molecule has 0 atom stereocenters. The molecular weight excluding hydrogens is 336 g/mol. The Bertz CT molecular complexity index is 839. The van der Waals surface area contributed by atoms with E-state index in [-0.39, 0.29) is 0 Å². The molecule has 0 saturated carbocycles. The van der Waals surface area contributed by atoms with Gasteiger partial charge in [0, 0.05) is 19.5 Å². The van der Waals surface area contributed by atoms with Crippen molar-refractivity contribution in [1.29, 1.82) is 0 Å². The van der Waals surface area contributed by atoms with Crippen LogP contribution in [0.25, 0.3) is 5.69 Å². The smallest absolute Gasteiger partial charge is 0.156 e. The predicted molar refractivity (Wildman–Crippen MR) is 110 cm³/mol. The number of hydrogen-bond donors (Lipinski definition) is 0. The second kappa shape index (κ2) is 9.21. The fourth-order valence-corrected chi connectivity index (χ4v) is 3.32. The average molecular weight is 364 g/mol. The minimum absolute atomic E-state index is 0.725. The summed E-state index contributed by atoms with van der Waals surface area (Å²) in [4.78, 5) is 2.41. The maximum Gasteiger partial charge on any atom is 0.156 e. The third kappa shape index (κ3) is 4.48. The second-order valence-electron chi connectivity index (χ2n) is 6.62. The highest BCUT2D eigenvalue weighted by molar-refractivity contribution is 5.52. The minimum Gasteiger partial charge on any atom is -0.497 e. The Morgan fingerprint density at radius 1 is 0.963 bits per heavy atom. The van der Waals surface area contributed by atoms with E-state index in [9.17, 15) is 0 Å². The first-order chi connectivity index (χ1) is 13.3. The standard InChI is InChI=1S/C22H28N4O/c1-4-14-25(15-5-2)22-21(17-18-10-9-13-20(16-18)27-3)23-24-26(22)19-11-7-6-8-12-19/h6-13,16H,4-5,14-15,17H2,1-3H3. The molecule has 5 nitrogen and oxygen atoms in total. The lowest BCUT2D eigenvalue weighted by molar-refractivity contribution is 0.414. The van der Waals surface area contributed by atoms with E-state index in [0.29, 0.717) is 0 Å². The Labute approximate surface area is 161 Å². The number of para-hydroxylation sites is 1. The van der Waals surface area contributed by atoms with Gasteiger partial charge in [0.2, 0.25) is 0 Å². The molecule has 0 bridgehead atoms. The van der Waals surface area contributed by atoms with Crippen molar-refractivity contribution in [2.24, 2.45) is 0 Å². The average Bonchev–Trinajstić information content (AvgIpc) is 3.12. The van der Waals surface area contributed by atoms with Gasteiger partial charge < -0.3 is 9.64 Å². The Kier molecular flexibility index (Phi) is 6.47. The first-order valence-corrected chi connectivity index (χ1v) is 9.64. The lowest BCUT2D eigenvalue weighted by Crippen LogP contribution is -2.28. The van der Waals surface area contributed by atoms with Crippen molar-refractivity contribution >= 4 is 5.82 Å². The summed E-state index contributed by atoms with van der Waals surface area (Å²) in [6.07, 6.45) is 2.89. The van der Waals surface area contributed by atoms with Gasteiger partial charge in [0.15, 0.2) is 5.82 Å². The molecule has 0 spiro atoms. The summed E-state index contributed by atoms with van der Waals surface area (Å²) < 4.78 is 7.34. The molecular formula is C22H28N4O. The largest absolute Gasteiger partial charge is 0.497 e. The van der Waals surface area contributed by atoms with Gasteiger partial charge in [0.05, 0.1) is 12.8 Å². The van der Waals surface area contributed by atoms with E-state index in [0.717, 1.165) is 55.3 Å². The molecule has 3 rings (SSSR count). The Morgan fingerprint density at radius 3 is 2.37 bits per heavy atom. The molecule has 1 heterocycles. The van der Waals surface area contributed by atoms with Crippen LogP contribution in [0.5, 0.6) is 5.75 Å². The van der Waals surface area contributed by atoms with E-state index in [1.54, 1.807) is 7.11 Å². The molecule has 0 amide bonds. The summed E-state index contributed by atoms with van der Waals surface area (Å²) in [6, 6.07) is 18.4. The summed E-state index contributed by atoms with van der Waals surface area (Å²) in [6.45, 7) is 6.39. The summed E-state index contributed by atoms with van der Waals surface area (Å²) in [7, 11) is 1.69. The van der Waals surface area contributed by atoms with Gasteiger partial charge in [0.1, 0.15) is 11.4 Å². The number of ether oxygens (including phenoxy) is 1. The maximum absolute atomic E-state index is 5.37. The lowest BCUT2D eigenvalue weighted by atomic mass is 10.1. The van der Waals surface area contributed by atoms with Crippen LogP contribution in [0, 0.1) is 0 Å². The zero-order valence-electron chi connectivity index (χ0n) is 16.4. The van der Waals surface area contributed by atoms with Crippen molar-refractivity contribution < 1.29 is 4.74 Å². The molecule has 0 radical (unpaired) electrons. The molecule has 5 heteroatoms. The number of rotatable bonds is 9. The van der Waals surface area contributed by atoms with Crippen molar-refractivity contribution in [3.05, 3.63) is 65.9 Å². The van der Waals surface area contributed by atoms with Crippen molar-refractivity contribution in [3.8, 4) is 11.4 Å². The highest BCUT2D eigenvalue weighted by atomic mass is 16.5. The van der Waals surface area contributed by atoms with Crippen LogP contribution in [-0.4, -0.2) is 35.2 Å². The molecule has 0 aliphatic rings. The molecule has 3 aromatic rings. The molecule has 0 aliphatic heterocycles. The Morgan fingerprint density at radius 2 is 1.70 bits per heavy atom. The van der Waals surface area contributed by atoms with Gasteiger partial charge in [-0.15, -0.1) is 5.10 Å². The van der Waals surface area contributed by atoms with Gasteiger partial charge in [0.25, 0.3) is 0 Å².